The number of phenols is 15. The molecule has 344 valence electrons. The summed E-state index contributed by atoms with van der Waals surface area (Å²) in [6.07, 6.45) is -13.4. The van der Waals surface area contributed by atoms with Crippen LogP contribution in [0.4, 0.5) is 0 Å². The first kappa shape index (κ1) is 44.7. The van der Waals surface area contributed by atoms with Crippen molar-refractivity contribution in [3.05, 3.63) is 76.3 Å². The van der Waals surface area contributed by atoms with Crippen LogP contribution < -0.4 is 0 Å². The molecule has 66 heavy (non-hydrogen) atoms. The fourth-order valence-corrected chi connectivity index (χ4v) is 6.92. The predicted molar refractivity (Wildman–Crippen MR) is 207 cm³/mol. The molecule has 1 saturated heterocycles. The van der Waals surface area contributed by atoms with Crippen LogP contribution in [-0.4, -0.2) is 137 Å². The largest absolute Gasteiger partial charge is 0.504 e. The lowest BCUT2D eigenvalue weighted by Gasteiger charge is -2.44. The van der Waals surface area contributed by atoms with Crippen LogP contribution in [0.25, 0.3) is 11.1 Å². The zero-order valence-electron chi connectivity index (χ0n) is 32.5. The van der Waals surface area contributed by atoms with Gasteiger partial charge in [0.15, 0.2) is 92.7 Å². The van der Waals surface area contributed by atoms with E-state index in [1.807, 2.05) is 0 Å². The molecule has 25 heteroatoms. The number of carbonyl (C=O) groups excluding carboxylic acids is 5. The summed E-state index contributed by atoms with van der Waals surface area (Å²) >= 11 is 0. The molecule has 0 spiro atoms. The van der Waals surface area contributed by atoms with Gasteiger partial charge < -0.3 is 100 Å². The van der Waals surface area contributed by atoms with Crippen molar-refractivity contribution in [2.24, 2.45) is 0 Å². The highest BCUT2D eigenvalue weighted by Gasteiger charge is 2.55. The Balaban J connectivity index is 1.45. The minimum atomic E-state index is -2.55. The van der Waals surface area contributed by atoms with E-state index in [9.17, 15) is 101 Å². The molecule has 0 unspecified atom stereocenters. The molecule has 5 aromatic rings. The van der Waals surface area contributed by atoms with Crippen LogP contribution in [-0.2, 0) is 23.7 Å². The van der Waals surface area contributed by atoms with Crippen LogP contribution in [0.2, 0.25) is 0 Å². The minimum absolute atomic E-state index is 0.433. The van der Waals surface area contributed by atoms with E-state index in [2.05, 4.69) is 0 Å². The molecular weight excluding hydrogens is 892 g/mol. The summed E-state index contributed by atoms with van der Waals surface area (Å²) in [6.45, 7) is 0. The van der Waals surface area contributed by atoms with Crippen molar-refractivity contribution in [1.82, 2.24) is 0 Å². The number of fused-ring (bicyclic) bond motifs is 4. The summed E-state index contributed by atoms with van der Waals surface area (Å²) in [6, 6.07) is 4.26. The zero-order chi connectivity index (χ0) is 48.4. The number of hydrogen-bond acceptors (Lipinski definition) is 25. The first-order valence-electron chi connectivity index (χ1n) is 18.3. The van der Waals surface area contributed by atoms with Gasteiger partial charge >= 0.3 is 23.9 Å². The predicted octanol–water partition coefficient (Wildman–Crippen LogP) is 2.08. The highest BCUT2D eigenvalue weighted by Crippen LogP contribution is 2.53. The fourth-order valence-electron chi connectivity index (χ4n) is 6.92. The zero-order valence-corrected chi connectivity index (χ0v) is 32.5. The topological polar surface area (TPSA) is 435 Å². The average Bonchev–Trinajstić information content (AvgIpc) is 3.26. The van der Waals surface area contributed by atoms with Gasteiger partial charge in [-0.15, -0.1) is 0 Å². The molecular formula is C41H30O25. The van der Waals surface area contributed by atoms with Gasteiger partial charge in [-0.25, -0.2) is 19.2 Å². The molecule has 5 aromatic carbocycles. The van der Waals surface area contributed by atoms with Gasteiger partial charge in [0.1, 0.15) is 6.10 Å². The molecule has 2 aliphatic rings. The molecule has 25 nitrogen and oxygen atoms in total. The lowest BCUT2D eigenvalue weighted by Crippen LogP contribution is -2.62. The number of Topliss-reactive ketones (excluding diaryl/α,β-unsaturated/α-hetero) is 1. The molecule has 0 saturated carbocycles. The Hall–Kier alpha value is -9.39. The van der Waals surface area contributed by atoms with Crippen molar-refractivity contribution >= 4 is 29.7 Å². The molecule has 15 N–H and O–H groups in total. The van der Waals surface area contributed by atoms with E-state index in [4.69, 9.17) is 23.7 Å². The molecule has 5 atom stereocenters. The Morgan fingerprint density at radius 2 is 0.788 bits per heavy atom. The third-order valence-corrected chi connectivity index (χ3v) is 10.1. The lowest BCUT2D eigenvalue weighted by atomic mass is 9.86. The number of hydrogen-bond donors (Lipinski definition) is 15. The number of rotatable bonds is 6. The van der Waals surface area contributed by atoms with E-state index >= 15 is 0 Å². The first-order chi connectivity index (χ1) is 31.0. The Bertz CT molecular complexity index is 2850. The number of aromatic hydroxyl groups is 15. The second-order valence-electron chi connectivity index (χ2n) is 14.3. The Kier molecular flexibility index (Phi) is 11.1. The van der Waals surface area contributed by atoms with Crippen molar-refractivity contribution in [1.29, 1.82) is 0 Å². The van der Waals surface area contributed by atoms with E-state index in [0.717, 1.165) is 0 Å². The minimum Gasteiger partial charge on any atom is -0.504 e. The van der Waals surface area contributed by atoms with Crippen molar-refractivity contribution < 1.29 is 124 Å². The van der Waals surface area contributed by atoms with Crippen molar-refractivity contribution in [3.8, 4) is 97.4 Å². The quantitative estimate of drug-likeness (QED) is 0.0658. The Labute approximate surface area is 364 Å². The Morgan fingerprint density at radius 3 is 1.21 bits per heavy atom. The summed E-state index contributed by atoms with van der Waals surface area (Å²) < 4.78 is 28.2. The SMILES string of the molecule is O=C(O[C@@H]1O[C@@H]2CC(=O)c3cc(O)c(O)c(O)c3-c3c(cc(O)c(O)c3O)C(=O)O[C@H]2[C@H](OC(=O)c2cc(O)c(O)c(O)c2)[C@H]1OC(=O)c1cc(O)c(O)c(O)c1)c1cc(O)c(O)c(O)c1. The van der Waals surface area contributed by atoms with Crippen LogP contribution in [0.1, 0.15) is 58.2 Å². The average molecular weight is 923 g/mol. The van der Waals surface area contributed by atoms with Gasteiger partial charge in [-0.3, -0.25) is 4.79 Å². The Morgan fingerprint density at radius 1 is 0.439 bits per heavy atom. The van der Waals surface area contributed by atoms with Gasteiger partial charge in [0.2, 0.25) is 23.9 Å². The number of ether oxygens (including phenoxy) is 5. The highest BCUT2D eigenvalue weighted by molar-refractivity contribution is 6.11. The van der Waals surface area contributed by atoms with E-state index in [1.54, 1.807) is 0 Å². The summed E-state index contributed by atoms with van der Waals surface area (Å²) in [5.74, 6) is -25.8. The summed E-state index contributed by atoms with van der Waals surface area (Å²) in [5, 5.41) is 155. The fraction of sp³-hybridized carbons (Fsp3) is 0.146. The molecule has 7 rings (SSSR count). The molecule has 0 aliphatic carbocycles. The van der Waals surface area contributed by atoms with E-state index in [0.29, 0.717) is 48.5 Å². The summed E-state index contributed by atoms with van der Waals surface area (Å²) in [4.78, 5) is 70.1. The van der Waals surface area contributed by atoms with Crippen LogP contribution in [0.3, 0.4) is 0 Å². The number of phenolic OH excluding ortho intramolecular Hbond substituents is 15. The summed E-state index contributed by atoms with van der Waals surface area (Å²) in [7, 11) is 0. The third-order valence-electron chi connectivity index (χ3n) is 10.1. The number of esters is 4. The first-order valence-corrected chi connectivity index (χ1v) is 18.3. The maximum Gasteiger partial charge on any atom is 0.340 e. The smallest absolute Gasteiger partial charge is 0.340 e. The number of carbonyl (C=O) groups is 5. The maximum atomic E-state index is 14.4. The monoisotopic (exact) mass is 922 g/mol. The molecule has 0 bridgehead atoms. The van der Waals surface area contributed by atoms with Crippen LogP contribution in [0.5, 0.6) is 86.2 Å². The molecule has 1 fully saturated rings. The van der Waals surface area contributed by atoms with E-state index < -0.39 is 192 Å². The van der Waals surface area contributed by atoms with Crippen LogP contribution in [0.15, 0.2) is 48.5 Å². The van der Waals surface area contributed by atoms with Crippen molar-refractivity contribution in [2.45, 2.75) is 37.1 Å². The van der Waals surface area contributed by atoms with Gasteiger partial charge in [0.05, 0.1) is 22.3 Å². The van der Waals surface area contributed by atoms with Gasteiger partial charge in [0.25, 0.3) is 0 Å². The number of ketones is 1. The molecule has 2 heterocycles. The summed E-state index contributed by atoms with van der Waals surface area (Å²) in [5.41, 5.74) is -6.30. The standard InChI is InChI=1S/C41H30O25/c42-15-9-24-34(63-40(61)14-8-23(50)31(55)33(57)26(14)25-13(15)7-22(49)30(54)32(25)56)35(64-37(58)10-1-16(43)27(51)17(44)2-10)36(65-38(59)11-3-18(45)28(52)19(46)4-11)41(62-24)66-39(60)12-5-20(47)29(53)21(48)6-12/h1-8,24,34-36,41,43-57H,9H2/t24-,34-,35+,36-,41+/m1/s1. The van der Waals surface area contributed by atoms with Gasteiger partial charge in [-0.1, -0.05) is 0 Å². The van der Waals surface area contributed by atoms with E-state index in [1.165, 1.54) is 0 Å². The van der Waals surface area contributed by atoms with Gasteiger partial charge in [-0.05, 0) is 48.5 Å². The van der Waals surface area contributed by atoms with Crippen LogP contribution >= 0.6 is 0 Å². The van der Waals surface area contributed by atoms with Gasteiger partial charge in [0, 0.05) is 23.1 Å². The number of benzene rings is 5. The lowest BCUT2D eigenvalue weighted by molar-refractivity contribution is -0.277. The second-order valence-corrected chi connectivity index (χ2v) is 14.3. The third kappa shape index (κ3) is 7.72. The molecule has 2 aliphatic heterocycles. The van der Waals surface area contributed by atoms with Gasteiger partial charge in [-0.2, -0.15) is 0 Å². The van der Waals surface area contributed by atoms with Crippen LogP contribution in [0, 0.1) is 0 Å². The molecule has 0 radical (unpaired) electrons. The van der Waals surface area contributed by atoms with Crippen molar-refractivity contribution in [2.75, 3.05) is 0 Å². The molecule has 0 aromatic heterocycles. The molecule has 0 amide bonds. The van der Waals surface area contributed by atoms with E-state index in [-0.39, 0.29) is 0 Å². The second kappa shape index (κ2) is 16.4. The maximum absolute atomic E-state index is 14.4. The normalized spacial score (nSPS) is 19.0. The van der Waals surface area contributed by atoms with Crippen molar-refractivity contribution in [3.63, 3.8) is 0 Å². The highest BCUT2D eigenvalue weighted by atomic mass is 16.7.